The van der Waals surface area contributed by atoms with E-state index < -0.39 is 0 Å². The van der Waals surface area contributed by atoms with Crippen LogP contribution in [0.5, 0.6) is 0 Å². The van der Waals surface area contributed by atoms with Gasteiger partial charge in [0.1, 0.15) is 6.61 Å². The van der Waals surface area contributed by atoms with Crippen molar-refractivity contribution in [3.8, 4) is 0 Å². The van der Waals surface area contributed by atoms with Crippen LogP contribution >= 0.6 is 0 Å². The summed E-state index contributed by atoms with van der Waals surface area (Å²) in [5.74, 6) is -0.379. The number of carbonyl (C=O) groups excluding carboxylic acids is 1. The molecule has 0 spiro atoms. The van der Waals surface area contributed by atoms with Gasteiger partial charge >= 0.3 is 5.97 Å². The van der Waals surface area contributed by atoms with E-state index in [1.807, 2.05) is 6.92 Å². The van der Waals surface area contributed by atoms with E-state index >= 15 is 0 Å². The molecule has 0 aliphatic rings. The quantitative estimate of drug-likeness (QED) is 0.378. The van der Waals surface area contributed by atoms with Crippen molar-refractivity contribution in [2.75, 3.05) is 26.4 Å². The maximum atomic E-state index is 11.1. The van der Waals surface area contributed by atoms with E-state index in [9.17, 15) is 4.79 Å². The molecule has 0 rings (SSSR count). The molecular formula is C10H18O4. The van der Waals surface area contributed by atoms with Gasteiger partial charge in [0, 0.05) is 12.2 Å². The Morgan fingerprint density at radius 3 is 2.71 bits per heavy atom. The van der Waals surface area contributed by atoms with Gasteiger partial charge in [0.2, 0.25) is 0 Å². The maximum Gasteiger partial charge on any atom is 0.333 e. The van der Waals surface area contributed by atoms with Gasteiger partial charge in [-0.25, -0.2) is 4.79 Å². The molecule has 14 heavy (non-hydrogen) atoms. The Hall–Kier alpha value is -0.870. The fraction of sp³-hybridized carbons (Fsp3) is 0.700. The summed E-state index contributed by atoms with van der Waals surface area (Å²) < 4.78 is 9.82. The summed E-state index contributed by atoms with van der Waals surface area (Å²) in [6.07, 6.45) is 2.48. The maximum absolute atomic E-state index is 11.1. The molecular weight excluding hydrogens is 184 g/mol. The number of hydrogen-bond acceptors (Lipinski definition) is 4. The van der Waals surface area contributed by atoms with Gasteiger partial charge in [-0.15, -0.1) is 0 Å². The van der Waals surface area contributed by atoms with Gasteiger partial charge in [0.25, 0.3) is 0 Å². The second kappa shape index (κ2) is 8.72. The molecule has 4 heteroatoms. The summed E-state index contributed by atoms with van der Waals surface area (Å²) in [7, 11) is 0. The highest BCUT2D eigenvalue weighted by Gasteiger charge is 2.03. The van der Waals surface area contributed by atoms with Crippen LogP contribution < -0.4 is 0 Å². The summed E-state index contributed by atoms with van der Waals surface area (Å²) in [4.78, 5) is 11.1. The number of ether oxygens (including phenoxy) is 2. The summed E-state index contributed by atoms with van der Waals surface area (Å²) in [5.41, 5.74) is 0.554. The highest BCUT2D eigenvalue weighted by molar-refractivity contribution is 5.87. The Morgan fingerprint density at radius 1 is 1.43 bits per heavy atom. The van der Waals surface area contributed by atoms with Crippen molar-refractivity contribution < 1.29 is 19.4 Å². The lowest BCUT2D eigenvalue weighted by atomic mass is 10.2. The molecule has 0 aliphatic heterocycles. The van der Waals surface area contributed by atoms with Crippen molar-refractivity contribution in [2.24, 2.45) is 0 Å². The number of hydrogen-bond donors (Lipinski definition) is 1. The molecule has 0 aromatic rings. The number of aliphatic hydroxyl groups is 1. The molecule has 0 bridgehead atoms. The second-order valence-electron chi connectivity index (χ2n) is 2.73. The van der Waals surface area contributed by atoms with Crippen LogP contribution in [0.25, 0.3) is 0 Å². The van der Waals surface area contributed by atoms with Crippen molar-refractivity contribution in [3.63, 3.8) is 0 Å². The van der Waals surface area contributed by atoms with Gasteiger partial charge in [-0.1, -0.05) is 6.08 Å². The zero-order chi connectivity index (χ0) is 10.8. The second-order valence-corrected chi connectivity index (χ2v) is 2.73. The normalized spacial score (nSPS) is 11.5. The Labute approximate surface area is 84.5 Å². The largest absolute Gasteiger partial charge is 0.460 e. The Kier molecular flexibility index (Phi) is 8.17. The lowest BCUT2D eigenvalue weighted by Gasteiger charge is -2.02. The van der Waals surface area contributed by atoms with Gasteiger partial charge in [0.15, 0.2) is 0 Å². The fourth-order valence-electron chi connectivity index (χ4n) is 0.839. The topological polar surface area (TPSA) is 55.8 Å². The minimum Gasteiger partial charge on any atom is -0.460 e. The third-order valence-electron chi connectivity index (χ3n) is 1.56. The number of esters is 1. The highest BCUT2D eigenvalue weighted by atomic mass is 16.5. The first-order valence-electron chi connectivity index (χ1n) is 4.74. The predicted molar refractivity (Wildman–Crippen MR) is 52.9 cm³/mol. The fourth-order valence-corrected chi connectivity index (χ4v) is 0.839. The first-order chi connectivity index (χ1) is 6.72. The zero-order valence-electron chi connectivity index (χ0n) is 8.78. The Balaban J connectivity index is 3.68. The molecule has 1 N–H and O–H groups in total. The third-order valence-corrected chi connectivity index (χ3v) is 1.56. The molecule has 0 atom stereocenters. The van der Waals surface area contributed by atoms with Gasteiger partial charge < -0.3 is 14.6 Å². The summed E-state index contributed by atoms with van der Waals surface area (Å²) in [6, 6.07) is 0. The lowest BCUT2D eigenvalue weighted by Crippen LogP contribution is -2.09. The van der Waals surface area contributed by atoms with Gasteiger partial charge in [-0.2, -0.15) is 0 Å². The van der Waals surface area contributed by atoms with E-state index in [1.165, 1.54) is 0 Å². The minimum absolute atomic E-state index is 0.0511. The average molecular weight is 202 g/mol. The van der Waals surface area contributed by atoms with Gasteiger partial charge in [-0.05, 0) is 20.3 Å². The van der Waals surface area contributed by atoms with E-state index in [4.69, 9.17) is 14.6 Å². The van der Waals surface area contributed by atoms with Crippen molar-refractivity contribution in [1.29, 1.82) is 0 Å². The first-order valence-corrected chi connectivity index (χ1v) is 4.74. The number of aliphatic hydroxyl groups excluding tert-OH is 1. The molecule has 0 saturated carbocycles. The van der Waals surface area contributed by atoms with Crippen molar-refractivity contribution in [2.45, 2.75) is 20.3 Å². The van der Waals surface area contributed by atoms with Crippen LogP contribution in [-0.4, -0.2) is 37.5 Å². The standard InChI is InChI=1S/C10H18O4/c1-3-13-7-4-5-9(2)10(12)14-8-6-11/h5,11H,3-4,6-8H2,1-2H3. The zero-order valence-corrected chi connectivity index (χ0v) is 8.78. The van der Waals surface area contributed by atoms with Crippen LogP contribution in [0.1, 0.15) is 20.3 Å². The molecule has 0 aromatic heterocycles. The van der Waals surface area contributed by atoms with E-state index in [0.29, 0.717) is 25.2 Å². The van der Waals surface area contributed by atoms with E-state index in [0.717, 1.165) is 0 Å². The smallest absolute Gasteiger partial charge is 0.333 e. The monoisotopic (exact) mass is 202 g/mol. The summed E-state index contributed by atoms with van der Waals surface area (Å²) in [6.45, 7) is 4.81. The average Bonchev–Trinajstić information content (AvgIpc) is 2.20. The van der Waals surface area contributed by atoms with Crippen LogP contribution in [-0.2, 0) is 14.3 Å². The summed E-state index contributed by atoms with van der Waals surface area (Å²) >= 11 is 0. The molecule has 82 valence electrons. The van der Waals surface area contributed by atoms with Crippen molar-refractivity contribution in [1.82, 2.24) is 0 Å². The van der Waals surface area contributed by atoms with Crippen molar-refractivity contribution >= 4 is 5.97 Å². The van der Waals surface area contributed by atoms with Crippen LogP contribution in [0.3, 0.4) is 0 Å². The predicted octanol–water partition coefficient (Wildman–Crippen LogP) is 0.895. The SMILES string of the molecule is CCOCCC=C(C)C(=O)OCCO. The molecule has 4 nitrogen and oxygen atoms in total. The van der Waals surface area contributed by atoms with Crippen molar-refractivity contribution in [3.05, 3.63) is 11.6 Å². The molecule has 0 radical (unpaired) electrons. The molecule has 0 unspecified atom stereocenters. The minimum atomic E-state index is -0.379. The molecule has 0 fully saturated rings. The molecule has 0 saturated heterocycles. The van der Waals surface area contributed by atoms with Crippen LogP contribution in [0.15, 0.2) is 11.6 Å². The van der Waals surface area contributed by atoms with Crippen LogP contribution in [0, 0.1) is 0 Å². The Morgan fingerprint density at radius 2 is 2.14 bits per heavy atom. The van der Waals surface area contributed by atoms with Crippen LogP contribution in [0.2, 0.25) is 0 Å². The molecule has 0 heterocycles. The van der Waals surface area contributed by atoms with Crippen LogP contribution in [0.4, 0.5) is 0 Å². The van der Waals surface area contributed by atoms with E-state index in [2.05, 4.69) is 0 Å². The molecule has 0 amide bonds. The van der Waals surface area contributed by atoms with Gasteiger partial charge in [-0.3, -0.25) is 0 Å². The molecule has 0 aliphatic carbocycles. The number of carbonyl (C=O) groups is 1. The van der Waals surface area contributed by atoms with E-state index in [-0.39, 0.29) is 19.2 Å². The van der Waals surface area contributed by atoms with Gasteiger partial charge in [0.05, 0.1) is 13.2 Å². The van der Waals surface area contributed by atoms with E-state index in [1.54, 1.807) is 13.0 Å². The first kappa shape index (κ1) is 13.1. The number of rotatable bonds is 7. The lowest BCUT2D eigenvalue weighted by molar-refractivity contribution is -0.139. The highest BCUT2D eigenvalue weighted by Crippen LogP contribution is 1.99. The Bertz CT molecular complexity index is 187. The molecule has 0 aromatic carbocycles. The summed E-state index contributed by atoms with van der Waals surface area (Å²) in [5, 5.41) is 8.43. The third kappa shape index (κ3) is 6.62.